The van der Waals surface area contributed by atoms with E-state index in [-0.39, 0.29) is 28.2 Å². The van der Waals surface area contributed by atoms with E-state index in [1.165, 1.54) is 32.9 Å². The Morgan fingerprint density at radius 2 is 1.76 bits per heavy atom. The molecule has 0 aliphatic carbocycles. The summed E-state index contributed by atoms with van der Waals surface area (Å²) >= 11 is 0. The first-order valence-corrected chi connectivity index (χ1v) is 15.9. The van der Waals surface area contributed by atoms with Gasteiger partial charge in [-0.2, -0.15) is 0 Å². The van der Waals surface area contributed by atoms with Crippen LogP contribution in [-0.4, -0.2) is 89.4 Å². The van der Waals surface area contributed by atoms with E-state index in [2.05, 4.69) is 4.90 Å². The molecule has 11 heteroatoms. The predicted octanol–water partition coefficient (Wildman–Crippen LogP) is 4.14. The molecule has 2 aromatic carbocycles. The molecule has 2 fully saturated rings. The van der Waals surface area contributed by atoms with Crippen LogP contribution < -0.4 is 19.6 Å². The number of allylic oxidation sites excluding steroid dienone is 2. The van der Waals surface area contributed by atoms with Gasteiger partial charge < -0.3 is 48.7 Å². The van der Waals surface area contributed by atoms with Crippen molar-refractivity contribution in [3.63, 3.8) is 0 Å². The van der Waals surface area contributed by atoms with Gasteiger partial charge in [0, 0.05) is 17.2 Å². The Hall–Kier alpha value is -3.61. The van der Waals surface area contributed by atoms with Crippen LogP contribution in [0.5, 0.6) is 23.0 Å². The molecule has 3 heterocycles. The number of methoxy groups -OCH3 is 1. The van der Waals surface area contributed by atoms with Gasteiger partial charge in [0.15, 0.2) is 5.76 Å². The molecule has 0 unspecified atom stereocenters. The molecule has 11 nitrogen and oxygen atoms in total. The van der Waals surface area contributed by atoms with Crippen LogP contribution in [-0.2, 0) is 11.2 Å². The number of fused-ring (bicyclic) bond motifs is 1. The molecule has 5 atom stereocenters. The van der Waals surface area contributed by atoms with Gasteiger partial charge in [-0.3, -0.25) is 4.79 Å². The van der Waals surface area contributed by atoms with Gasteiger partial charge in [0.1, 0.15) is 46.5 Å². The van der Waals surface area contributed by atoms with E-state index >= 15 is 0 Å². The number of aliphatic hydroxyl groups excluding tert-OH is 3. The van der Waals surface area contributed by atoms with E-state index in [0.29, 0.717) is 35.7 Å². The quantitative estimate of drug-likeness (QED) is 0.167. The Morgan fingerprint density at radius 1 is 1.04 bits per heavy atom. The average Bonchev–Trinajstić information content (AvgIpc) is 3.56. The molecule has 0 bridgehead atoms. The number of hydrogen-bond acceptors (Lipinski definition) is 11. The molecule has 5 rings (SSSR count). The highest BCUT2D eigenvalue weighted by molar-refractivity contribution is 5.91. The Morgan fingerprint density at radius 3 is 2.43 bits per heavy atom. The summed E-state index contributed by atoms with van der Waals surface area (Å²) in [5.74, 6) is 0.324. The smallest absolute Gasteiger partial charge is 0.239 e. The van der Waals surface area contributed by atoms with Gasteiger partial charge in [-0.1, -0.05) is 11.6 Å². The van der Waals surface area contributed by atoms with Crippen LogP contribution in [0.3, 0.4) is 0 Å². The molecule has 2 saturated heterocycles. The van der Waals surface area contributed by atoms with Crippen LogP contribution in [0.2, 0.25) is 0 Å². The lowest BCUT2D eigenvalue weighted by Crippen LogP contribution is -2.58. The standard InChI is InChI=1S/C35H45NO10/c1-20(2)9-14-24-26(43-18-8-7-17-36-15-5-6-16-36)19-25(37)27-29(39)34(46-35-31(41)30(40)28(38)21(3)44-35)32(45-33(24)27)22-10-12-23(42-4)13-11-22/h9-13,19,21,28,30-31,35,37-38,40-41H,5-8,14-18H2,1-4H3/t21-,28-,30+,31+,35-/m1/s1. The van der Waals surface area contributed by atoms with Crippen molar-refractivity contribution in [2.75, 3.05) is 33.4 Å². The Balaban J connectivity index is 1.58. The molecule has 0 amide bonds. The first kappa shape index (κ1) is 33.7. The van der Waals surface area contributed by atoms with Crippen LogP contribution in [0.25, 0.3) is 22.3 Å². The van der Waals surface area contributed by atoms with Gasteiger partial charge in [0.05, 0.1) is 19.8 Å². The fourth-order valence-corrected chi connectivity index (χ4v) is 5.88. The highest BCUT2D eigenvalue weighted by Crippen LogP contribution is 2.41. The number of benzene rings is 2. The number of phenols is 1. The predicted molar refractivity (Wildman–Crippen MR) is 173 cm³/mol. The molecular formula is C35H45NO10. The minimum atomic E-state index is -1.67. The fraction of sp³-hybridized carbons (Fsp3) is 0.514. The number of aliphatic hydroxyl groups is 3. The van der Waals surface area contributed by atoms with E-state index < -0.39 is 36.1 Å². The van der Waals surface area contributed by atoms with Gasteiger partial charge in [-0.25, -0.2) is 0 Å². The maximum absolute atomic E-state index is 14.2. The van der Waals surface area contributed by atoms with Gasteiger partial charge in [0.25, 0.3) is 0 Å². The molecule has 0 saturated carbocycles. The van der Waals surface area contributed by atoms with E-state index in [1.54, 1.807) is 24.3 Å². The molecule has 4 N–H and O–H groups in total. The molecule has 3 aromatic rings. The van der Waals surface area contributed by atoms with Crippen molar-refractivity contribution in [1.29, 1.82) is 0 Å². The zero-order valence-corrected chi connectivity index (χ0v) is 26.9. The summed E-state index contributed by atoms with van der Waals surface area (Å²) in [5, 5.41) is 42.3. The second-order valence-electron chi connectivity index (χ2n) is 12.3. The van der Waals surface area contributed by atoms with E-state index in [4.69, 9.17) is 23.4 Å². The summed E-state index contributed by atoms with van der Waals surface area (Å²) in [7, 11) is 1.54. The van der Waals surface area contributed by atoms with E-state index in [9.17, 15) is 25.2 Å². The van der Waals surface area contributed by atoms with E-state index in [1.807, 2.05) is 19.9 Å². The second-order valence-corrected chi connectivity index (χ2v) is 12.3. The molecule has 2 aliphatic heterocycles. The Labute approximate surface area is 268 Å². The highest BCUT2D eigenvalue weighted by atomic mass is 16.7. The number of aromatic hydroxyl groups is 1. The van der Waals surface area contributed by atoms with Crippen LogP contribution in [0.15, 0.2) is 51.2 Å². The summed E-state index contributed by atoms with van der Waals surface area (Å²) in [6, 6.07) is 8.19. The minimum absolute atomic E-state index is 0.0184. The summed E-state index contributed by atoms with van der Waals surface area (Å²) in [6.07, 6.45) is -0.357. The summed E-state index contributed by atoms with van der Waals surface area (Å²) in [4.78, 5) is 16.7. The first-order valence-electron chi connectivity index (χ1n) is 15.9. The summed E-state index contributed by atoms with van der Waals surface area (Å²) in [5.41, 5.74) is 1.53. The largest absolute Gasteiger partial charge is 0.507 e. The first-order chi connectivity index (χ1) is 22.1. The van der Waals surface area contributed by atoms with Crippen molar-refractivity contribution in [3.05, 3.63) is 57.8 Å². The second kappa shape index (κ2) is 14.9. The third-order valence-corrected chi connectivity index (χ3v) is 8.60. The number of ether oxygens (including phenoxy) is 4. The summed E-state index contributed by atoms with van der Waals surface area (Å²) in [6.45, 7) is 9.18. The van der Waals surface area contributed by atoms with Crippen LogP contribution in [0.4, 0.5) is 0 Å². The van der Waals surface area contributed by atoms with Crippen molar-refractivity contribution in [2.24, 2.45) is 0 Å². The van der Waals surface area contributed by atoms with Crippen molar-refractivity contribution < 1.29 is 43.8 Å². The number of nitrogens with zero attached hydrogens (tertiary/aromatic N) is 1. The third-order valence-electron chi connectivity index (χ3n) is 8.60. The minimum Gasteiger partial charge on any atom is -0.507 e. The SMILES string of the molecule is COc1ccc(-c2oc3c(CC=C(C)C)c(OCCCCN4CCCC4)cc(O)c3c(=O)c2O[C@H]2O[C@H](C)[C@@H](O)[C@H](O)[C@@H]2O)cc1. The van der Waals surface area contributed by atoms with Crippen molar-refractivity contribution in [1.82, 2.24) is 4.90 Å². The Bertz CT molecular complexity index is 1570. The van der Waals surface area contributed by atoms with Gasteiger partial charge in [-0.05, 0) is 96.8 Å². The number of phenolic OH excluding ortho intramolecular Hbond substituents is 1. The van der Waals surface area contributed by atoms with Crippen LogP contribution in [0.1, 0.15) is 52.0 Å². The zero-order valence-electron chi connectivity index (χ0n) is 26.9. The van der Waals surface area contributed by atoms with Gasteiger partial charge >= 0.3 is 0 Å². The topological polar surface area (TPSA) is 151 Å². The molecule has 2 aliphatic rings. The lowest BCUT2D eigenvalue weighted by molar-refractivity contribution is -0.268. The monoisotopic (exact) mass is 639 g/mol. The number of unbranched alkanes of at least 4 members (excludes halogenated alkanes) is 1. The van der Waals surface area contributed by atoms with Crippen LogP contribution in [0, 0.1) is 0 Å². The summed E-state index contributed by atoms with van der Waals surface area (Å²) < 4.78 is 29.6. The van der Waals surface area contributed by atoms with Crippen LogP contribution >= 0.6 is 0 Å². The van der Waals surface area contributed by atoms with Crippen molar-refractivity contribution in [2.45, 2.75) is 83.6 Å². The molecule has 46 heavy (non-hydrogen) atoms. The number of rotatable bonds is 12. The molecular weight excluding hydrogens is 594 g/mol. The van der Waals surface area contributed by atoms with Gasteiger partial charge in [-0.15, -0.1) is 0 Å². The maximum atomic E-state index is 14.2. The normalized spacial score (nSPS) is 23.4. The maximum Gasteiger partial charge on any atom is 0.239 e. The lowest BCUT2D eigenvalue weighted by atomic mass is 10.00. The fourth-order valence-electron chi connectivity index (χ4n) is 5.88. The molecule has 0 spiro atoms. The Kier molecular flexibility index (Phi) is 10.9. The number of likely N-dealkylation sites (tertiary alicyclic amines) is 1. The van der Waals surface area contributed by atoms with Crippen molar-refractivity contribution >= 4 is 11.0 Å². The average molecular weight is 640 g/mol. The van der Waals surface area contributed by atoms with E-state index in [0.717, 1.165) is 38.0 Å². The number of hydrogen-bond donors (Lipinski definition) is 4. The zero-order chi connectivity index (χ0) is 33.0. The third kappa shape index (κ3) is 7.34. The highest BCUT2D eigenvalue weighted by Gasteiger charge is 2.44. The lowest BCUT2D eigenvalue weighted by Gasteiger charge is -2.38. The van der Waals surface area contributed by atoms with Crippen molar-refractivity contribution in [3.8, 4) is 34.3 Å². The molecule has 0 radical (unpaired) electrons. The molecule has 1 aromatic heterocycles. The van der Waals surface area contributed by atoms with Gasteiger partial charge in [0.2, 0.25) is 17.5 Å². The molecule has 250 valence electrons.